The minimum Gasteiger partial charge on any atom is -0.309 e. The molecular formula is C14H12F2N2O2. The summed E-state index contributed by atoms with van der Waals surface area (Å²) in [5.74, 6) is -2.09. The van der Waals surface area contributed by atoms with Crippen LogP contribution < -0.4 is 11.1 Å². The molecule has 20 heavy (non-hydrogen) atoms. The highest BCUT2D eigenvalue weighted by molar-refractivity contribution is 5.32. The monoisotopic (exact) mass is 278 g/mol. The van der Waals surface area contributed by atoms with E-state index in [4.69, 9.17) is 0 Å². The van der Waals surface area contributed by atoms with Crippen LogP contribution in [-0.2, 0) is 6.54 Å². The Kier molecular flexibility index (Phi) is 3.93. The lowest BCUT2D eigenvalue weighted by Gasteiger charge is -2.08. The van der Waals surface area contributed by atoms with Crippen molar-refractivity contribution in [1.29, 1.82) is 0 Å². The van der Waals surface area contributed by atoms with E-state index in [1.807, 2.05) is 0 Å². The standard InChI is InChI=1S/C14H12F2N2O2/c1-2-3-6-17-7-8-18(14(20)13(17)19)10-4-5-11(15)12(16)9-10/h2,4-5,7-9H,1,3,6H2. The van der Waals surface area contributed by atoms with E-state index in [9.17, 15) is 18.4 Å². The second kappa shape index (κ2) is 5.64. The minimum atomic E-state index is -1.08. The van der Waals surface area contributed by atoms with Crippen molar-refractivity contribution in [2.75, 3.05) is 0 Å². The highest BCUT2D eigenvalue weighted by Crippen LogP contribution is 2.10. The highest BCUT2D eigenvalue weighted by atomic mass is 19.2. The SMILES string of the molecule is C=CCCn1ccn(-c2ccc(F)c(F)c2)c(=O)c1=O. The van der Waals surface area contributed by atoms with Crippen LogP contribution in [0.1, 0.15) is 6.42 Å². The number of benzene rings is 1. The first-order valence-corrected chi connectivity index (χ1v) is 5.93. The predicted molar refractivity (Wildman–Crippen MR) is 71.0 cm³/mol. The van der Waals surface area contributed by atoms with Gasteiger partial charge in [-0.05, 0) is 18.6 Å². The van der Waals surface area contributed by atoms with Crippen molar-refractivity contribution in [2.24, 2.45) is 0 Å². The van der Waals surface area contributed by atoms with Crippen LogP contribution in [0, 0.1) is 11.6 Å². The molecule has 1 aromatic carbocycles. The third-order valence-electron chi connectivity index (χ3n) is 2.81. The molecule has 0 bridgehead atoms. The number of hydrogen-bond donors (Lipinski definition) is 0. The smallest absolute Gasteiger partial charge is 0.309 e. The van der Waals surface area contributed by atoms with Crippen LogP contribution in [-0.4, -0.2) is 9.13 Å². The zero-order valence-electron chi connectivity index (χ0n) is 10.6. The average molecular weight is 278 g/mol. The summed E-state index contributed by atoms with van der Waals surface area (Å²) in [5.41, 5.74) is -1.44. The van der Waals surface area contributed by atoms with Crippen LogP contribution in [0.25, 0.3) is 5.69 Å². The van der Waals surface area contributed by atoms with Crippen LogP contribution in [0.15, 0.2) is 52.8 Å². The average Bonchev–Trinajstić information content (AvgIpc) is 2.44. The van der Waals surface area contributed by atoms with Gasteiger partial charge in [0.2, 0.25) is 0 Å². The molecule has 0 saturated heterocycles. The molecule has 0 unspecified atom stereocenters. The van der Waals surface area contributed by atoms with Gasteiger partial charge in [-0.15, -0.1) is 6.58 Å². The molecule has 0 fully saturated rings. The summed E-state index contributed by atoms with van der Waals surface area (Å²) in [5, 5.41) is 0. The normalized spacial score (nSPS) is 10.5. The maximum absolute atomic E-state index is 13.2. The summed E-state index contributed by atoms with van der Waals surface area (Å²) in [7, 11) is 0. The van der Waals surface area contributed by atoms with Crippen molar-refractivity contribution >= 4 is 0 Å². The van der Waals surface area contributed by atoms with Crippen molar-refractivity contribution in [3.05, 3.63) is 75.6 Å². The molecule has 1 heterocycles. The molecule has 0 spiro atoms. The Hall–Kier alpha value is -2.50. The van der Waals surface area contributed by atoms with Gasteiger partial charge in [0, 0.05) is 25.0 Å². The Bertz CT molecular complexity index is 762. The maximum atomic E-state index is 13.2. The first-order chi connectivity index (χ1) is 9.54. The fourth-order valence-electron chi connectivity index (χ4n) is 1.75. The number of halogens is 2. The van der Waals surface area contributed by atoms with Crippen LogP contribution in [0.2, 0.25) is 0 Å². The predicted octanol–water partition coefficient (Wildman–Crippen LogP) is 1.85. The van der Waals surface area contributed by atoms with Gasteiger partial charge in [0.15, 0.2) is 11.6 Å². The first kappa shape index (κ1) is 13.9. The summed E-state index contributed by atoms with van der Waals surface area (Å²) in [6.07, 6.45) is 4.95. The van der Waals surface area contributed by atoms with Crippen LogP contribution in [0.4, 0.5) is 8.78 Å². The zero-order valence-corrected chi connectivity index (χ0v) is 10.6. The number of rotatable bonds is 4. The number of aryl methyl sites for hydroxylation is 1. The van der Waals surface area contributed by atoms with Crippen molar-refractivity contribution < 1.29 is 8.78 Å². The van der Waals surface area contributed by atoms with E-state index in [0.717, 1.165) is 16.7 Å². The lowest BCUT2D eigenvalue weighted by atomic mass is 10.3. The summed E-state index contributed by atoms with van der Waals surface area (Å²) < 4.78 is 28.3. The van der Waals surface area contributed by atoms with Crippen molar-refractivity contribution in [1.82, 2.24) is 9.13 Å². The molecule has 2 rings (SSSR count). The highest BCUT2D eigenvalue weighted by Gasteiger charge is 2.09. The molecule has 0 amide bonds. The van der Waals surface area contributed by atoms with E-state index in [1.165, 1.54) is 23.0 Å². The lowest BCUT2D eigenvalue weighted by molar-refractivity contribution is 0.507. The summed E-state index contributed by atoms with van der Waals surface area (Å²) in [6.45, 7) is 3.88. The molecule has 0 aliphatic carbocycles. The Morgan fingerprint density at radius 2 is 1.85 bits per heavy atom. The van der Waals surface area contributed by atoms with Gasteiger partial charge in [-0.1, -0.05) is 6.08 Å². The Balaban J connectivity index is 2.51. The molecule has 0 atom stereocenters. The van der Waals surface area contributed by atoms with Crippen LogP contribution in [0.5, 0.6) is 0 Å². The third kappa shape index (κ3) is 2.59. The van der Waals surface area contributed by atoms with Gasteiger partial charge in [-0.2, -0.15) is 0 Å². The summed E-state index contributed by atoms with van der Waals surface area (Å²) in [4.78, 5) is 23.8. The topological polar surface area (TPSA) is 44.0 Å². The molecule has 0 radical (unpaired) electrons. The van der Waals surface area contributed by atoms with Gasteiger partial charge >= 0.3 is 11.1 Å². The van der Waals surface area contributed by atoms with Gasteiger partial charge < -0.3 is 4.57 Å². The zero-order chi connectivity index (χ0) is 14.7. The van der Waals surface area contributed by atoms with Gasteiger partial charge in [-0.3, -0.25) is 14.2 Å². The van der Waals surface area contributed by atoms with Crippen LogP contribution >= 0.6 is 0 Å². The summed E-state index contributed by atoms with van der Waals surface area (Å²) in [6, 6.07) is 3.00. The minimum absolute atomic E-state index is 0.0990. The molecule has 4 nitrogen and oxygen atoms in total. The molecule has 104 valence electrons. The van der Waals surface area contributed by atoms with Gasteiger partial charge in [0.25, 0.3) is 0 Å². The van der Waals surface area contributed by atoms with Crippen LogP contribution in [0.3, 0.4) is 0 Å². The molecule has 2 aromatic rings. The van der Waals surface area contributed by atoms with E-state index in [1.54, 1.807) is 6.08 Å². The number of nitrogens with zero attached hydrogens (tertiary/aromatic N) is 2. The second-order valence-corrected chi connectivity index (χ2v) is 4.15. The molecule has 1 aromatic heterocycles. The quantitative estimate of drug-likeness (QED) is 0.633. The third-order valence-corrected chi connectivity index (χ3v) is 2.81. The maximum Gasteiger partial charge on any atom is 0.320 e. The molecule has 0 saturated carbocycles. The van der Waals surface area contributed by atoms with E-state index in [0.29, 0.717) is 13.0 Å². The Morgan fingerprint density at radius 3 is 2.50 bits per heavy atom. The molecule has 0 N–H and O–H groups in total. The number of hydrogen-bond acceptors (Lipinski definition) is 2. The number of aromatic nitrogens is 2. The largest absolute Gasteiger partial charge is 0.320 e. The fourth-order valence-corrected chi connectivity index (χ4v) is 1.75. The van der Waals surface area contributed by atoms with E-state index in [2.05, 4.69) is 6.58 Å². The molecule has 0 aliphatic heterocycles. The number of allylic oxidation sites excluding steroid dienone is 1. The fraction of sp³-hybridized carbons (Fsp3) is 0.143. The molecule has 0 aliphatic rings. The molecule has 6 heteroatoms. The second-order valence-electron chi connectivity index (χ2n) is 4.15. The lowest BCUT2D eigenvalue weighted by Crippen LogP contribution is -2.39. The Morgan fingerprint density at radius 1 is 1.10 bits per heavy atom. The Labute approximate surface area is 113 Å². The van der Waals surface area contributed by atoms with Crippen molar-refractivity contribution in [3.8, 4) is 5.69 Å². The first-order valence-electron chi connectivity index (χ1n) is 5.93. The molecular weight excluding hydrogens is 266 g/mol. The van der Waals surface area contributed by atoms with Gasteiger partial charge in [-0.25, -0.2) is 8.78 Å². The van der Waals surface area contributed by atoms with Gasteiger partial charge in [0.1, 0.15) is 0 Å². The van der Waals surface area contributed by atoms with Gasteiger partial charge in [0.05, 0.1) is 5.69 Å². The summed E-state index contributed by atoms with van der Waals surface area (Å²) >= 11 is 0. The van der Waals surface area contributed by atoms with E-state index >= 15 is 0 Å². The van der Waals surface area contributed by atoms with E-state index in [-0.39, 0.29) is 5.69 Å². The van der Waals surface area contributed by atoms with Crippen molar-refractivity contribution in [2.45, 2.75) is 13.0 Å². The van der Waals surface area contributed by atoms with E-state index < -0.39 is 22.8 Å². The van der Waals surface area contributed by atoms with Crippen molar-refractivity contribution in [3.63, 3.8) is 0 Å².